The standard InChI is InChI=1S/C16H23N3OS/c1-11-10-15(13(3)20-11)12(2)18-14-4-7-19(8-5-14)16-17-6-9-21-16/h6,9-10,12,14,18H,4-5,7-8H2,1-3H3/t12-/m0/s1. The number of aryl methyl sites for hydroxylation is 2. The Balaban J connectivity index is 1.54. The Hall–Kier alpha value is -1.33. The third-order valence-corrected chi connectivity index (χ3v) is 5.05. The minimum atomic E-state index is 0.346. The molecule has 2 aromatic heterocycles. The van der Waals surface area contributed by atoms with Gasteiger partial charge in [0.1, 0.15) is 11.5 Å². The molecule has 1 N–H and O–H groups in total. The van der Waals surface area contributed by atoms with Crippen molar-refractivity contribution >= 4 is 16.5 Å². The summed E-state index contributed by atoms with van der Waals surface area (Å²) in [6, 6.07) is 3.07. The summed E-state index contributed by atoms with van der Waals surface area (Å²) >= 11 is 1.73. The van der Waals surface area contributed by atoms with E-state index in [1.807, 2.05) is 25.4 Å². The number of hydrogen-bond acceptors (Lipinski definition) is 5. The lowest BCUT2D eigenvalue weighted by atomic mass is 10.0. The highest BCUT2D eigenvalue weighted by Crippen LogP contribution is 2.25. The molecule has 0 spiro atoms. The molecule has 21 heavy (non-hydrogen) atoms. The van der Waals surface area contributed by atoms with Gasteiger partial charge in [0.25, 0.3) is 0 Å². The van der Waals surface area contributed by atoms with E-state index < -0.39 is 0 Å². The maximum atomic E-state index is 5.64. The first-order valence-electron chi connectivity index (χ1n) is 7.61. The van der Waals surface area contributed by atoms with Gasteiger partial charge in [-0.1, -0.05) is 0 Å². The summed E-state index contributed by atoms with van der Waals surface area (Å²) in [5, 5.41) is 6.95. The molecule has 114 valence electrons. The van der Waals surface area contributed by atoms with Crippen molar-refractivity contribution in [2.75, 3.05) is 18.0 Å². The van der Waals surface area contributed by atoms with Crippen LogP contribution in [0.1, 0.15) is 42.9 Å². The molecule has 0 unspecified atom stereocenters. The third kappa shape index (κ3) is 3.30. The number of aromatic nitrogens is 1. The van der Waals surface area contributed by atoms with E-state index in [4.69, 9.17) is 4.42 Å². The van der Waals surface area contributed by atoms with E-state index >= 15 is 0 Å². The lowest BCUT2D eigenvalue weighted by molar-refractivity contribution is 0.377. The van der Waals surface area contributed by atoms with Crippen molar-refractivity contribution in [3.63, 3.8) is 0 Å². The molecule has 3 rings (SSSR count). The van der Waals surface area contributed by atoms with E-state index in [0.717, 1.165) is 29.7 Å². The van der Waals surface area contributed by atoms with Crippen LogP contribution in [0.4, 0.5) is 5.13 Å². The Morgan fingerprint density at radius 2 is 2.14 bits per heavy atom. The van der Waals surface area contributed by atoms with Crippen LogP contribution in [0, 0.1) is 13.8 Å². The van der Waals surface area contributed by atoms with Crippen molar-refractivity contribution in [2.45, 2.75) is 45.7 Å². The third-order valence-electron chi connectivity index (χ3n) is 4.22. The number of hydrogen-bond donors (Lipinski definition) is 1. The van der Waals surface area contributed by atoms with E-state index in [2.05, 4.69) is 28.2 Å². The van der Waals surface area contributed by atoms with Crippen LogP contribution in [0.15, 0.2) is 22.1 Å². The van der Waals surface area contributed by atoms with Gasteiger partial charge in [0, 0.05) is 42.3 Å². The van der Waals surface area contributed by atoms with Gasteiger partial charge < -0.3 is 14.6 Å². The molecule has 3 heterocycles. The first-order chi connectivity index (χ1) is 10.1. The summed E-state index contributed by atoms with van der Waals surface area (Å²) in [5.41, 5.74) is 1.29. The summed E-state index contributed by atoms with van der Waals surface area (Å²) < 4.78 is 5.64. The topological polar surface area (TPSA) is 41.3 Å². The summed E-state index contributed by atoms with van der Waals surface area (Å²) in [5.74, 6) is 2.03. The minimum Gasteiger partial charge on any atom is -0.466 e. The van der Waals surface area contributed by atoms with E-state index in [1.54, 1.807) is 11.3 Å². The molecule has 0 radical (unpaired) electrons. The molecule has 1 aliphatic rings. The molecule has 5 heteroatoms. The lowest BCUT2D eigenvalue weighted by Gasteiger charge is -2.33. The Kier molecular flexibility index (Phi) is 4.31. The fourth-order valence-electron chi connectivity index (χ4n) is 3.13. The van der Waals surface area contributed by atoms with Crippen LogP contribution in [-0.4, -0.2) is 24.1 Å². The number of piperidine rings is 1. The first-order valence-corrected chi connectivity index (χ1v) is 8.49. The van der Waals surface area contributed by atoms with Crippen molar-refractivity contribution in [3.8, 4) is 0 Å². The second kappa shape index (κ2) is 6.20. The van der Waals surface area contributed by atoms with E-state index in [-0.39, 0.29) is 0 Å². The first kappa shape index (κ1) is 14.6. The smallest absolute Gasteiger partial charge is 0.185 e. The van der Waals surface area contributed by atoms with E-state index in [9.17, 15) is 0 Å². The molecule has 0 aliphatic carbocycles. The average molecular weight is 305 g/mol. The predicted octanol–water partition coefficient (Wildman–Crippen LogP) is 3.67. The molecular formula is C16H23N3OS. The average Bonchev–Trinajstić information content (AvgIpc) is 3.09. The van der Waals surface area contributed by atoms with Gasteiger partial charge in [-0.25, -0.2) is 4.98 Å². The highest BCUT2D eigenvalue weighted by molar-refractivity contribution is 7.13. The SMILES string of the molecule is Cc1cc([C@H](C)NC2CCN(c3nccs3)CC2)c(C)o1. The zero-order valence-corrected chi connectivity index (χ0v) is 13.7. The number of anilines is 1. The van der Waals surface area contributed by atoms with Gasteiger partial charge in [-0.05, 0) is 39.7 Å². The molecule has 0 bridgehead atoms. The summed E-state index contributed by atoms with van der Waals surface area (Å²) in [7, 11) is 0. The van der Waals surface area contributed by atoms with Crippen LogP contribution in [0.5, 0.6) is 0 Å². The van der Waals surface area contributed by atoms with Crippen molar-refractivity contribution in [1.29, 1.82) is 0 Å². The fourth-order valence-corrected chi connectivity index (χ4v) is 3.83. The maximum Gasteiger partial charge on any atom is 0.185 e. The van der Waals surface area contributed by atoms with Crippen LogP contribution in [0.3, 0.4) is 0 Å². The summed E-state index contributed by atoms with van der Waals surface area (Å²) in [6.07, 6.45) is 4.22. The molecule has 2 aromatic rings. The van der Waals surface area contributed by atoms with Gasteiger partial charge in [0.05, 0.1) is 0 Å². The molecule has 0 saturated carbocycles. The second-order valence-electron chi connectivity index (χ2n) is 5.83. The number of nitrogens with one attached hydrogen (secondary N) is 1. The predicted molar refractivity (Wildman–Crippen MR) is 87.1 cm³/mol. The van der Waals surface area contributed by atoms with Gasteiger partial charge in [0.15, 0.2) is 5.13 Å². The van der Waals surface area contributed by atoms with Crippen molar-refractivity contribution in [3.05, 3.63) is 34.7 Å². The number of rotatable bonds is 4. The number of nitrogens with zero attached hydrogens (tertiary/aromatic N) is 2. The Morgan fingerprint density at radius 3 is 2.71 bits per heavy atom. The molecule has 4 nitrogen and oxygen atoms in total. The van der Waals surface area contributed by atoms with Crippen LogP contribution >= 0.6 is 11.3 Å². The lowest BCUT2D eigenvalue weighted by Crippen LogP contribution is -2.43. The maximum absolute atomic E-state index is 5.64. The Morgan fingerprint density at radius 1 is 1.38 bits per heavy atom. The largest absolute Gasteiger partial charge is 0.466 e. The van der Waals surface area contributed by atoms with Crippen LogP contribution < -0.4 is 10.2 Å². The van der Waals surface area contributed by atoms with Crippen molar-refractivity contribution in [2.24, 2.45) is 0 Å². The quantitative estimate of drug-likeness (QED) is 0.935. The second-order valence-corrected chi connectivity index (χ2v) is 6.71. The van der Waals surface area contributed by atoms with Crippen molar-refractivity contribution < 1.29 is 4.42 Å². The molecule has 0 aromatic carbocycles. The van der Waals surface area contributed by atoms with Gasteiger partial charge in [-0.15, -0.1) is 11.3 Å². The molecule has 1 aliphatic heterocycles. The highest BCUT2D eigenvalue weighted by Gasteiger charge is 2.23. The van der Waals surface area contributed by atoms with Gasteiger partial charge in [-0.3, -0.25) is 0 Å². The van der Waals surface area contributed by atoms with E-state index in [0.29, 0.717) is 12.1 Å². The minimum absolute atomic E-state index is 0.346. The monoisotopic (exact) mass is 305 g/mol. The van der Waals surface area contributed by atoms with Gasteiger partial charge in [-0.2, -0.15) is 0 Å². The number of furan rings is 1. The normalized spacial score (nSPS) is 18.1. The van der Waals surface area contributed by atoms with Crippen LogP contribution in [-0.2, 0) is 0 Å². The van der Waals surface area contributed by atoms with Gasteiger partial charge >= 0.3 is 0 Å². The summed E-state index contributed by atoms with van der Waals surface area (Å²) in [6.45, 7) is 8.45. The molecule has 0 amide bonds. The Labute approximate surface area is 130 Å². The fraction of sp³-hybridized carbons (Fsp3) is 0.562. The van der Waals surface area contributed by atoms with E-state index in [1.165, 1.54) is 18.4 Å². The number of thiazole rings is 1. The van der Waals surface area contributed by atoms with Gasteiger partial charge in [0.2, 0.25) is 0 Å². The zero-order valence-electron chi connectivity index (χ0n) is 12.9. The highest BCUT2D eigenvalue weighted by atomic mass is 32.1. The zero-order chi connectivity index (χ0) is 14.8. The van der Waals surface area contributed by atoms with Crippen LogP contribution in [0.25, 0.3) is 0 Å². The molecular weight excluding hydrogens is 282 g/mol. The molecule has 1 fully saturated rings. The molecule has 1 atom stereocenters. The summed E-state index contributed by atoms with van der Waals surface area (Å²) in [4.78, 5) is 6.79. The Bertz CT molecular complexity index is 570. The van der Waals surface area contributed by atoms with Crippen LogP contribution in [0.2, 0.25) is 0 Å². The molecule has 1 saturated heterocycles. The van der Waals surface area contributed by atoms with Crippen molar-refractivity contribution in [1.82, 2.24) is 10.3 Å².